The molecule has 2 N–H and O–H groups in total. The molecule has 0 unspecified atom stereocenters. The highest BCUT2D eigenvalue weighted by molar-refractivity contribution is 7.99. The van der Waals surface area contributed by atoms with Crippen LogP contribution in [-0.2, 0) is 11.8 Å². The molecule has 1 heterocycles. The van der Waals surface area contributed by atoms with Crippen molar-refractivity contribution in [3.63, 3.8) is 0 Å². The Morgan fingerprint density at radius 2 is 1.79 bits per heavy atom. The van der Waals surface area contributed by atoms with Crippen LogP contribution in [0.5, 0.6) is 0 Å². The summed E-state index contributed by atoms with van der Waals surface area (Å²) in [6.07, 6.45) is 0. The molecule has 2 amide bonds. The van der Waals surface area contributed by atoms with Gasteiger partial charge < -0.3 is 15.2 Å². The average Bonchev–Trinajstić information content (AvgIpc) is 3.13. The molecule has 0 aliphatic rings. The number of rotatable bonds is 8. The smallest absolute Gasteiger partial charge is 0.251 e. The topological polar surface area (TPSA) is 88.9 Å². The number of benzene rings is 2. The molecule has 2 aromatic carbocycles. The van der Waals surface area contributed by atoms with Crippen molar-refractivity contribution in [3.8, 4) is 0 Å². The molecule has 0 aliphatic heterocycles. The van der Waals surface area contributed by atoms with Crippen molar-refractivity contribution in [3.05, 3.63) is 69.7 Å². The fourth-order valence-electron chi connectivity index (χ4n) is 2.97. The minimum atomic E-state index is -0.424. The third kappa shape index (κ3) is 6.46. The first-order chi connectivity index (χ1) is 15.7. The number of carbonyl (C=O) groups excluding carboxylic acids is 2. The van der Waals surface area contributed by atoms with E-state index in [9.17, 15) is 14.0 Å². The van der Waals surface area contributed by atoms with Crippen molar-refractivity contribution in [1.29, 1.82) is 0 Å². The minimum Gasteiger partial charge on any atom is -0.342 e. The lowest BCUT2D eigenvalue weighted by molar-refractivity contribution is -0.113. The summed E-state index contributed by atoms with van der Waals surface area (Å²) >= 11 is 13.2. The van der Waals surface area contributed by atoms with Crippen LogP contribution in [0.2, 0.25) is 10.0 Å². The van der Waals surface area contributed by atoms with E-state index in [0.717, 1.165) is 0 Å². The van der Waals surface area contributed by atoms with E-state index < -0.39 is 6.04 Å². The summed E-state index contributed by atoms with van der Waals surface area (Å²) in [6.45, 7) is 3.91. The van der Waals surface area contributed by atoms with Crippen molar-refractivity contribution in [1.82, 2.24) is 20.1 Å². The fraction of sp³-hybridized carbons (Fsp3) is 0.273. The molecule has 0 bridgehead atoms. The summed E-state index contributed by atoms with van der Waals surface area (Å²) in [7, 11) is 1.77. The SMILES string of the molecule is CC(C)[C@@H](NC(=O)c1ccc(Cl)c(Cl)c1)c1nnc(SCC(=O)Nc2ccc(F)cc2)n1C. The number of aromatic nitrogens is 3. The van der Waals surface area contributed by atoms with Crippen molar-refractivity contribution in [2.75, 3.05) is 11.1 Å². The van der Waals surface area contributed by atoms with Gasteiger partial charge in [0, 0.05) is 18.3 Å². The highest BCUT2D eigenvalue weighted by Gasteiger charge is 2.25. The van der Waals surface area contributed by atoms with Gasteiger partial charge >= 0.3 is 0 Å². The quantitative estimate of drug-likeness (QED) is 0.411. The van der Waals surface area contributed by atoms with Gasteiger partial charge in [-0.15, -0.1) is 10.2 Å². The number of hydrogen-bond acceptors (Lipinski definition) is 5. The highest BCUT2D eigenvalue weighted by atomic mass is 35.5. The third-order valence-electron chi connectivity index (χ3n) is 4.74. The Balaban J connectivity index is 1.67. The van der Waals surface area contributed by atoms with Gasteiger partial charge in [-0.3, -0.25) is 9.59 Å². The van der Waals surface area contributed by atoms with Crippen LogP contribution in [0.1, 0.15) is 36.1 Å². The zero-order valence-electron chi connectivity index (χ0n) is 18.1. The second-order valence-corrected chi connectivity index (χ2v) is 9.32. The standard InChI is InChI=1S/C22H22Cl2FN5O2S/c1-12(2)19(27-21(32)13-4-9-16(23)17(24)10-13)20-28-29-22(30(20)3)33-11-18(31)26-15-7-5-14(25)6-8-15/h4-10,12,19H,11H2,1-3H3,(H,26,31)(H,27,32)/t19-/m1/s1. The van der Waals surface area contributed by atoms with Gasteiger partial charge in [0.05, 0.1) is 21.8 Å². The number of hydrogen-bond donors (Lipinski definition) is 2. The normalized spacial score (nSPS) is 12.0. The van der Waals surface area contributed by atoms with Crippen LogP contribution in [0, 0.1) is 11.7 Å². The first-order valence-electron chi connectivity index (χ1n) is 9.99. The average molecular weight is 510 g/mol. The molecule has 3 aromatic rings. The Kier molecular flexibility index (Phi) is 8.34. The Morgan fingerprint density at radius 3 is 2.42 bits per heavy atom. The Morgan fingerprint density at radius 1 is 1.09 bits per heavy atom. The van der Waals surface area contributed by atoms with E-state index in [2.05, 4.69) is 20.8 Å². The zero-order valence-corrected chi connectivity index (χ0v) is 20.4. The van der Waals surface area contributed by atoms with E-state index in [-0.39, 0.29) is 29.3 Å². The summed E-state index contributed by atoms with van der Waals surface area (Å²) in [5.41, 5.74) is 0.884. The van der Waals surface area contributed by atoms with Crippen molar-refractivity contribution in [2.45, 2.75) is 25.0 Å². The molecule has 33 heavy (non-hydrogen) atoms. The van der Waals surface area contributed by atoms with Gasteiger partial charge in [-0.1, -0.05) is 48.8 Å². The highest BCUT2D eigenvalue weighted by Crippen LogP contribution is 2.26. The van der Waals surface area contributed by atoms with Crippen LogP contribution in [0.3, 0.4) is 0 Å². The Labute approximate surface area is 205 Å². The van der Waals surface area contributed by atoms with Crippen LogP contribution < -0.4 is 10.6 Å². The fourth-order valence-corrected chi connectivity index (χ4v) is 3.99. The number of nitrogens with one attached hydrogen (secondary N) is 2. The number of anilines is 1. The largest absolute Gasteiger partial charge is 0.342 e. The van der Waals surface area contributed by atoms with E-state index >= 15 is 0 Å². The number of halogens is 3. The van der Waals surface area contributed by atoms with Gasteiger partial charge in [-0.2, -0.15) is 0 Å². The van der Waals surface area contributed by atoms with E-state index in [1.807, 2.05) is 13.8 Å². The summed E-state index contributed by atoms with van der Waals surface area (Å²) in [5, 5.41) is 15.3. The first-order valence-corrected chi connectivity index (χ1v) is 11.7. The van der Waals surface area contributed by atoms with Gasteiger partial charge in [0.1, 0.15) is 5.82 Å². The lowest BCUT2D eigenvalue weighted by atomic mass is 10.0. The molecular weight excluding hydrogens is 488 g/mol. The predicted molar refractivity (Wildman–Crippen MR) is 128 cm³/mol. The third-order valence-corrected chi connectivity index (χ3v) is 6.50. The van der Waals surface area contributed by atoms with Gasteiger partial charge in [-0.25, -0.2) is 4.39 Å². The minimum absolute atomic E-state index is 0.0132. The maximum absolute atomic E-state index is 13.0. The Bertz CT molecular complexity index is 1150. The second kappa shape index (κ2) is 11.0. The van der Waals surface area contributed by atoms with Crippen LogP contribution in [0.15, 0.2) is 47.6 Å². The molecule has 0 aliphatic carbocycles. The summed E-state index contributed by atoms with van der Waals surface area (Å²) in [4.78, 5) is 25.0. The van der Waals surface area contributed by atoms with Crippen LogP contribution >= 0.6 is 35.0 Å². The zero-order chi connectivity index (χ0) is 24.1. The molecule has 11 heteroatoms. The maximum atomic E-state index is 13.0. The van der Waals surface area contributed by atoms with E-state index in [0.29, 0.717) is 32.3 Å². The lowest BCUT2D eigenvalue weighted by Gasteiger charge is -2.22. The molecule has 0 fully saturated rings. The van der Waals surface area contributed by atoms with E-state index in [1.54, 1.807) is 23.7 Å². The molecule has 7 nitrogen and oxygen atoms in total. The first kappa shape index (κ1) is 25.0. The van der Waals surface area contributed by atoms with Crippen molar-refractivity contribution >= 4 is 52.5 Å². The number of thioether (sulfide) groups is 1. The van der Waals surface area contributed by atoms with Crippen LogP contribution in [0.4, 0.5) is 10.1 Å². The molecule has 174 valence electrons. The van der Waals surface area contributed by atoms with E-state index in [4.69, 9.17) is 23.2 Å². The van der Waals surface area contributed by atoms with Crippen molar-refractivity contribution < 1.29 is 14.0 Å². The Hall–Kier alpha value is -2.62. The molecule has 1 aromatic heterocycles. The summed E-state index contributed by atoms with van der Waals surface area (Å²) in [6, 6.07) is 9.77. The maximum Gasteiger partial charge on any atom is 0.251 e. The monoisotopic (exact) mass is 509 g/mol. The van der Waals surface area contributed by atoms with E-state index in [1.165, 1.54) is 42.1 Å². The lowest BCUT2D eigenvalue weighted by Crippen LogP contribution is -2.33. The molecule has 0 saturated carbocycles. The molecule has 0 spiro atoms. The second-order valence-electron chi connectivity index (χ2n) is 7.57. The molecular formula is C22H22Cl2FN5O2S. The predicted octanol–water partition coefficient (Wildman–Crippen LogP) is 5.12. The molecule has 0 radical (unpaired) electrons. The van der Waals surface area contributed by atoms with Gasteiger partial charge in [0.2, 0.25) is 5.91 Å². The van der Waals surface area contributed by atoms with Crippen molar-refractivity contribution in [2.24, 2.45) is 13.0 Å². The summed E-state index contributed by atoms with van der Waals surface area (Å²) < 4.78 is 14.7. The number of amides is 2. The molecule has 3 rings (SSSR count). The van der Waals surface area contributed by atoms with Gasteiger partial charge in [0.15, 0.2) is 11.0 Å². The number of nitrogens with zero attached hydrogens (tertiary/aromatic N) is 3. The molecule has 1 atom stereocenters. The number of carbonyl (C=O) groups is 2. The summed E-state index contributed by atoms with van der Waals surface area (Å²) in [5.74, 6) is -0.294. The van der Waals surface area contributed by atoms with Crippen LogP contribution in [0.25, 0.3) is 0 Å². The van der Waals surface area contributed by atoms with Crippen LogP contribution in [-0.4, -0.2) is 32.3 Å². The van der Waals surface area contributed by atoms with Gasteiger partial charge in [-0.05, 0) is 48.4 Å². The molecule has 0 saturated heterocycles. The van der Waals surface area contributed by atoms with Gasteiger partial charge in [0.25, 0.3) is 5.91 Å².